The van der Waals surface area contributed by atoms with Gasteiger partial charge in [0.1, 0.15) is 11.2 Å². The molecule has 2 aromatic heterocycles. The Morgan fingerprint density at radius 2 is 1.61 bits per heavy atom. The van der Waals surface area contributed by atoms with Crippen LogP contribution in [0, 0.1) is 13.1 Å². The number of fused-ring (bicyclic) bond motifs is 6. The Morgan fingerprint density at radius 1 is 0.889 bits per heavy atom. The summed E-state index contributed by atoms with van der Waals surface area (Å²) in [4.78, 5) is 10.0. The Labute approximate surface area is 227 Å². The van der Waals surface area contributed by atoms with E-state index in [2.05, 4.69) is 96.5 Å². The second-order valence-corrected chi connectivity index (χ2v) is 9.51. The molecule has 181 valence electrons. The molecule has 0 saturated carbocycles. The van der Waals surface area contributed by atoms with Crippen molar-refractivity contribution in [1.82, 2.24) is 0 Å². The van der Waals surface area contributed by atoms with Gasteiger partial charge in [0.25, 0.3) is 0 Å². The number of carbonyl (C=O) groups is 1. The standard InChI is InChI=1S/C26H16NS.C5H8O2.Ir/c1-27-23-15-13-17-7-2-3-8-18(17)19(23)14-16-24(27)22-11-6-10-21-20-9-4-5-12-25(20)28-26(21)22;1-4(6)3-5(2)7;/h2-10,12-16H,1H2;3,6H,1-2H3;/q-1;;/b;4-3-;. The Bertz CT molecular complexity index is 1760. The van der Waals surface area contributed by atoms with Gasteiger partial charge in [-0.25, -0.2) is 0 Å². The number of carbonyl (C=O) groups excluding carboxylic acids is 1. The van der Waals surface area contributed by atoms with Crippen LogP contribution in [0.1, 0.15) is 13.8 Å². The number of nitrogens with zero attached hydrogens (tertiary/aromatic N) is 1. The molecule has 0 aliphatic heterocycles. The fourth-order valence-corrected chi connectivity index (χ4v) is 5.68. The zero-order chi connectivity index (χ0) is 24.5. The summed E-state index contributed by atoms with van der Waals surface area (Å²) in [6.07, 6.45) is 1.17. The quantitative estimate of drug-likeness (QED) is 0.0674. The zero-order valence-corrected chi connectivity index (χ0v) is 23.1. The van der Waals surface area contributed by atoms with Gasteiger partial charge < -0.3 is 9.67 Å². The first kappa shape index (κ1) is 25.6. The Morgan fingerprint density at radius 3 is 2.33 bits per heavy atom. The van der Waals surface area contributed by atoms with E-state index in [9.17, 15) is 4.79 Å². The molecule has 1 radical (unpaired) electrons. The molecule has 6 rings (SSSR count). The fourth-order valence-electron chi connectivity index (χ4n) is 4.47. The molecule has 4 aromatic carbocycles. The van der Waals surface area contributed by atoms with Crippen molar-refractivity contribution in [2.75, 3.05) is 0 Å². The molecule has 2 heterocycles. The van der Waals surface area contributed by atoms with Crippen molar-refractivity contribution in [3.05, 3.63) is 110 Å². The number of benzene rings is 4. The van der Waals surface area contributed by atoms with Crippen molar-refractivity contribution in [3.63, 3.8) is 0 Å². The number of aliphatic hydroxyl groups excluding tert-OH is 1. The number of aromatic nitrogens is 1. The molecule has 0 unspecified atom stereocenters. The summed E-state index contributed by atoms with van der Waals surface area (Å²) >= 11 is 1.83. The molecule has 0 amide bonds. The number of thiophene rings is 1. The molecular weight excluding hydrogens is 643 g/mol. The molecule has 3 nitrogen and oxygen atoms in total. The summed E-state index contributed by atoms with van der Waals surface area (Å²) in [6, 6.07) is 33.5. The van der Waals surface area contributed by atoms with Gasteiger partial charge in [-0.05, 0) is 58.3 Å². The molecule has 0 aliphatic rings. The van der Waals surface area contributed by atoms with E-state index >= 15 is 0 Å². The molecule has 0 atom stereocenters. The smallest absolute Gasteiger partial charge is 0.155 e. The van der Waals surface area contributed by atoms with Gasteiger partial charge in [-0.1, -0.05) is 65.5 Å². The molecule has 36 heavy (non-hydrogen) atoms. The van der Waals surface area contributed by atoms with Gasteiger partial charge in [-0.3, -0.25) is 4.79 Å². The van der Waals surface area contributed by atoms with Crippen LogP contribution in [-0.2, 0) is 24.9 Å². The van der Waals surface area contributed by atoms with E-state index in [0.717, 1.165) is 16.8 Å². The van der Waals surface area contributed by atoms with Crippen LogP contribution in [0.2, 0.25) is 0 Å². The normalized spacial score (nSPS) is 11.3. The van der Waals surface area contributed by atoms with E-state index in [1.165, 1.54) is 56.3 Å². The zero-order valence-electron chi connectivity index (χ0n) is 19.9. The summed E-state index contributed by atoms with van der Waals surface area (Å²) in [6.45, 7) is 2.85. The molecule has 0 fully saturated rings. The predicted octanol–water partition coefficient (Wildman–Crippen LogP) is 7.79. The average Bonchev–Trinajstić information content (AvgIpc) is 3.23. The summed E-state index contributed by atoms with van der Waals surface area (Å²) in [5.41, 5.74) is 3.33. The molecular formula is C31H24IrNO2S-. The van der Waals surface area contributed by atoms with E-state index in [-0.39, 0.29) is 31.6 Å². The van der Waals surface area contributed by atoms with Crippen LogP contribution >= 0.6 is 11.3 Å². The summed E-state index contributed by atoms with van der Waals surface area (Å²) in [5.74, 6) is -0.0625. The van der Waals surface area contributed by atoms with Crippen molar-refractivity contribution in [2.24, 2.45) is 0 Å². The molecule has 0 saturated heterocycles. The minimum absolute atomic E-state index is 0. The largest absolute Gasteiger partial charge is 0.512 e. The minimum atomic E-state index is -0.125. The molecule has 0 aliphatic carbocycles. The maximum absolute atomic E-state index is 10.0. The Kier molecular flexibility index (Phi) is 7.56. The maximum atomic E-state index is 10.0. The first-order valence-corrected chi connectivity index (χ1v) is 12.1. The topological polar surface area (TPSA) is 41.2 Å². The van der Waals surface area contributed by atoms with E-state index in [4.69, 9.17) is 5.11 Å². The van der Waals surface area contributed by atoms with E-state index in [1.807, 2.05) is 17.4 Å². The van der Waals surface area contributed by atoms with Crippen molar-refractivity contribution in [3.8, 4) is 11.3 Å². The number of aliphatic hydroxyl groups is 1. The molecule has 0 spiro atoms. The third-order valence-electron chi connectivity index (χ3n) is 5.94. The van der Waals surface area contributed by atoms with Crippen LogP contribution in [0.3, 0.4) is 0 Å². The van der Waals surface area contributed by atoms with Gasteiger partial charge in [0.15, 0.2) is 5.78 Å². The van der Waals surface area contributed by atoms with Crippen LogP contribution in [0.25, 0.3) is 53.1 Å². The number of allylic oxidation sites excluding steroid dienone is 2. The predicted molar refractivity (Wildman–Crippen MR) is 147 cm³/mol. The summed E-state index contributed by atoms with van der Waals surface area (Å²) in [7, 11) is 4.39. The van der Waals surface area contributed by atoms with Gasteiger partial charge in [0.2, 0.25) is 0 Å². The van der Waals surface area contributed by atoms with Crippen molar-refractivity contribution >= 4 is 59.0 Å². The Hall–Kier alpha value is -3.50. The summed E-state index contributed by atoms with van der Waals surface area (Å²) < 4.78 is 4.62. The second-order valence-electron chi connectivity index (χ2n) is 8.46. The van der Waals surface area contributed by atoms with E-state index in [0.29, 0.717) is 0 Å². The van der Waals surface area contributed by atoms with Gasteiger partial charge in [-0.2, -0.15) is 11.3 Å². The van der Waals surface area contributed by atoms with Crippen LogP contribution in [0.15, 0.2) is 96.8 Å². The first-order valence-electron chi connectivity index (χ1n) is 11.3. The van der Waals surface area contributed by atoms with Gasteiger partial charge in [0.05, 0.1) is 5.76 Å². The van der Waals surface area contributed by atoms with Crippen molar-refractivity contribution in [1.29, 1.82) is 0 Å². The van der Waals surface area contributed by atoms with Crippen LogP contribution in [0.4, 0.5) is 0 Å². The Balaban J connectivity index is 0.000000338. The molecule has 1 N–H and O–H groups in total. The molecule has 6 aromatic rings. The monoisotopic (exact) mass is 667 g/mol. The third kappa shape index (κ3) is 4.78. The SMILES string of the molecule is CC(=O)/C=C(/C)O.[CH2-][n+]1c(-c2[c-]ccc3c2sc2ccccc23)ccc2c3ccccc3ccc21.[Ir]. The third-order valence-corrected chi connectivity index (χ3v) is 7.15. The van der Waals surface area contributed by atoms with Crippen LogP contribution in [-0.4, -0.2) is 10.9 Å². The second kappa shape index (κ2) is 10.6. The summed E-state index contributed by atoms with van der Waals surface area (Å²) in [5, 5.41) is 14.7. The number of hydrogen-bond donors (Lipinski definition) is 1. The average molecular weight is 667 g/mol. The molecule has 0 bridgehead atoms. The number of hydrogen-bond acceptors (Lipinski definition) is 3. The van der Waals surface area contributed by atoms with Crippen molar-refractivity contribution < 1.29 is 34.6 Å². The van der Waals surface area contributed by atoms with Gasteiger partial charge in [0, 0.05) is 37.9 Å². The minimum Gasteiger partial charge on any atom is -0.512 e. The van der Waals surface area contributed by atoms with E-state index < -0.39 is 0 Å². The maximum Gasteiger partial charge on any atom is 0.155 e. The fraction of sp³-hybridized carbons (Fsp3) is 0.0645. The molecule has 5 heteroatoms. The van der Waals surface area contributed by atoms with Crippen LogP contribution in [0.5, 0.6) is 0 Å². The van der Waals surface area contributed by atoms with E-state index in [1.54, 1.807) is 0 Å². The number of rotatable bonds is 2. The van der Waals surface area contributed by atoms with Crippen LogP contribution < -0.4 is 4.57 Å². The van der Waals surface area contributed by atoms with Crippen molar-refractivity contribution in [2.45, 2.75) is 13.8 Å². The van der Waals surface area contributed by atoms with Gasteiger partial charge in [-0.15, -0.1) is 18.2 Å². The first-order chi connectivity index (χ1) is 16.9. The number of ketones is 1. The van der Waals surface area contributed by atoms with Gasteiger partial charge >= 0.3 is 0 Å². The number of pyridine rings is 1.